The van der Waals surface area contributed by atoms with Crippen LogP contribution in [-0.2, 0) is 4.74 Å². The summed E-state index contributed by atoms with van der Waals surface area (Å²) in [5.74, 6) is 1.78. The number of aromatic nitrogens is 2. The van der Waals surface area contributed by atoms with Crippen molar-refractivity contribution in [2.24, 2.45) is 0 Å². The van der Waals surface area contributed by atoms with Gasteiger partial charge in [-0.1, -0.05) is 22.7 Å². The Labute approximate surface area is 231 Å². The highest BCUT2D eigenvalue weighted by atomic mass is 32.1. The van der Waals surface area contributed by atoms with E-state index in [-0.39, 0.29) is 0 Å². The topological polar surface area (TPSA) is 66.4 Å². The van der Waals surface area contributed by atoms with E-state index in [2.05, 4.69) is 43.9 Å². The molecule has 2 aromatic heterocycles. The van der Waals surface area contributed by atoms with Crippen molar-refractivity contribution in [1.82, 2.24) is 19.8 Å². The van der Waals surface area contributed by atoms with Crippen molar-refractivity contribution in [1.29, 1.82) is 0 Å². The third kappa shape index (κ3) is 5.67. The minimum Gasteiger partial charge on any atom is -0.494 e. The van der Waals surface area contributed by atoms with Gasteiger partial charge in [0.15, 0.2) is 10.3 Å². The predicted molar refractivity (Wildman–Crippen MR) is 155 cm³/mol. The lowest BCUT2D eigenvalue weighted by atomic mass is 10.3. The first-order valence-electron chi connectivity index (χ1n) is 13.3. The molecule has 38 heavy (non-hydrogen) atoms. The van der Waals surface area contributed by atoms with E-state index in [0.717, 1.165) is 102 Å². The molecular formula is C27H34N6O3S2. The summed E-state index contributed by atoms with van der Waals surface area (Å²) in [7, 11) is 0. The number of nitrogens with zero attached hydrogens (tertiary/aromatic N) is 6. The van der Waals surface area contributed by atoms with Gasteiger partial charge in [-0.2, -0.15) is 0 Å². The Kier molecular flexibility index (Phi) is 7.80. The molecular weight excluding hydrogens is 520 g/mol. The summed E-state index contributed by atoms with van der Waals surface area (Å²) in [5.41, 5.74) is 2.02. The molecule has 0 radical (unpaired) electrons. The summed E-state index contributed by atoms with van der Waals surface area (Å²) in [5, 5.41) is 2.05. The van der Waals surface area contributed by atoms with Crippen molar-refractivity contribution in [2.45, 2.75) is 13.8 Å². The lowest BCUT2D eigenvalue weighted by Gasteiger charge is -2.42. The number of benzene rings is 2. The summed E-state index contributed by atoms with van der Waals surface area (Å²) in [4.78, 5) is 19.7. The molecule has 2 saturated heterocycles. The Hall–Kier alpha value is -2.70. The molecule has 0 N–H and O–H groups in total. The van der Waals surface area contributed by atoms with E-state index in [4.69, 9.17) is 24.2 Å². The van der Waals surface area contributed by atoms with Crippen molar-refractivity contribution in [3.8, 4) is 11.5 Å². The average Bonchev–Trinajstić information content (AvgIpc) is 3.57. The molecule has 0 unspecified atom stereocenters. The van der Waals surface area contributed by atoms with Crippen LogP contribution in [0.4, 0.5) is 10.3 Å². The normalized spacial score (nSPS) is 17.5. The molecule has 9 nitrogen and oxygen atoms in total. The average molecular weight is 555 g/mol. The van der Waals surface area contributed by atoms with E-state index in [1.807, 2.05) is 26.0 Å². The zero-order valence-corrected chi connectivity index (χ0v) is 23.6. The molecule has 0 bridgehead atoms. The van der Waals surface area contributed by atoms with Gasteiger partial charge in [-0.05, 0) is 50.2 Å². The highest BCUT2D eigenvalue weighted by Crippen LogP contribution is 2.36. The molecule has 4 heterocycles. The van der Waals surface area contributed by atoms with Crippen LogP contribution < -0.4 is 19.3 Å². The SMILES string of the molecule is CCOc1ccc2nc(N3CN(CCN4CCOCC4)CN(c4nc5ccc(OCC)cc5s4)C3)sc2c1. The van der Waals surface area contributed by atoms with E-state index in [9.17, 15) is 0 Å². The zero-order valence-electron chi connectivity index (χ0n) is 22.0. The highest BCUT2D eigenvalue weighted by Gasteiger charge is 2.28. The monoisotopic (exact) mass is 554 g/mol. The molecule has 0 spiro atoms. The summed E-state index contributed by atoms with van der Waals surface area (Å²) in [6.45, 7) is 13.4. The summed E-state index contributed by atoms with van der Waals surface area (Å²) in [6.07, 6.45) is 0. The van der Waals surface area contributed by atoms with Crippen LogP contribution in [0.15, 0.2) is 36.4 Å². The maximum absolute atomic E-state index is 5.72. The quantitative estimate of drug-likeness (QED) is 0.297. The third-order valence-electron chi connectivity index (χ3n) is 6.78. The van der Waals surface area contributed by atoms with Gasteiger partial charge in [0.25, 0.3) is 0 Å². The van der Waals surface area contributed by atoms with E-state index in [1.54, 1.807) is 22.7 Å². The molecule has 202 valence electrons. The Morgan fingerprint density at radius 2 is 1.26 bits per heavy atom. The lowest BCUT2D eigenvalue weighted by molar-refractivity contribution is 0.0327. The summed E-state index contributed by atoms with van der Waals surface area (Å²) < 4.78 is 19.3. The Morgan fingerprint density at radius 3 is 1.79 bits per heavy atom. The van der Waals surface area contributed by atoms with Crippen molar-refractivity contribution in [3.63, 3.8) is 0 Å². The summed E-state index contributed by atoms with van der Waals surface area (Å²) in [6, 6.07) is 12.3. The number of thiazole rings is 2. The van der Waals surface area contributed by atoms with Crippen LogP contribution >= 0.6 is 22.7 Å². The van der Waals surface area contributed by atoms with Crippen molar-refractivity contribution in [3.05, 3.63) is 36.4 Å². The van der Waals surface area contributed by atoms with E-state index < -0.39 is 0 Å². The maximum atomic E-state index is 5.72. The fourth-order valence-electron chi connectivity index (χ4n) is 4.88. The smallest absolute Gasteiger partial charge is 0.188 e. The largest absolute Gasteiger partial charge is 0.494 e. The second kappa shape index (κ2) is 11.6. The number of anilines is 2. The fraction of sp³-hybridized carbons (Fsp3) is 0.481. The Morgan fingerprint density at radius 1 is 0.737 bits per heavy atom. The van der Waals surface area contributed by atoms with Gasteiger partial charge >= 0.3 is 0 Å². The van der Waals surface area contributed by atoms with Gasteiger partial charge in [-0.25, -0.2) is 9.97 Å². The van der Waals surface area contributed by atoms with Crippen LogP contribution in [-0.4, -0.2) is 92.4 Å². The van der Waals surface area contributed by atoms with Gasteiger partial charge < -0.3 is 24.0 Å². The lowest BCUT2D eigenvalue weighted by Crippen LogP contribution is -2.56. The molecule has 0 aliphatic carbocycles. The van der Waals surface area contributed by atoms with Gasteiger partial charge in [-0.3, -0.25) is 9.80 Å². The molecule has 11 heteroatoms. The molecule has 4 aromatic rings. The highest BCUT2D eigenvalue weighted by molar-refractivity contribution is 7.22. The standard InChI is InChI=1S/C27H34N6O3S2/c1-3-35-20-5-7-22-24(15-20)37-26(28-22)32-17-31(10-9-30-11-13-34-14-12-30)18-33(19-32)27-29-23-8-6-21(36-4-2)16-25(23)38-27/h5-8,15-16H,3-4,9-14,17-19H2,1-2H3. The zero-order chi connectivity index (χ0) is 25.9. The van der Waals surface area contributed by atoms with Gasteiger partial charge in [0.05, 0.1) is 66.9 Å². The van der Waals surface area contributed by atoms with Crippen molar-refractivity contribution >= 4 is 53.4 Å². The van der Waals surface area contributed by atoms with Crippen molar-refractivity contribution < 1.29 is 14.2 Å². The van der Waals surface area contributed by atoms with Crippen LogP contribution in [0.3, 0.4) is 0 Å². The Bertz CT molecular complexity index is 1280. The number of morpholine rings is 1. The predicted octanol–water partition coefficient (Wildman–Crippen LogP) is 4.54. The molecule has 2 aliphatic heterocycles. The maximum Gasteiger partial charge on any atom is 0.188 e. The van der Waals surface area contributed by atoms with Crippen LogP contribution in [0.25, 0.3) is 20.4 Å². The number of hydrogen-bond acceptors (Lipinski definition) is 11. The van der Waals surface area contributed by atoms with Gasteiger partial charge in [-0.15, -0.1) is 0 Å². The second-order valence-electron chi connectivity index (χ2n) is 9.47. The molecule has 0 saturated carbocycles. The van der Waals surface area contributed by atoms with Crippen LogP contribution in [0.1, 0.15) is 13.8 Å². The molecule has 0 amide bonds. The van der Waals surface area contributed by atoms with E-state index >= 15 is 0 Å². The van der Waals surface area contributed by atoms with E-state index in [0.29, 0.717) is 13.2 Å². The molecule has 6 rings (SSSR count). The van der Waals surface area contributed by atoms with E-state index in [1.165, 1.54) is 0 Å². The molecule has 2 fully saturated rings. The minimum atomic E-state index is 0.657. The first-order valence-corrected chi connectivity index (χ1v) is 14.9. The van der Waals surface area contributed by atoms with Gasteiger partial charge in [0.2, 0.25) is 0 Å². The first kappa shape index (κ1) is 25.6. The molecule has 2 aromatic carbocycles. The van der Waals surface area contributed by atoms with Crippen LogP contribution in [0, 0.1) is 0 Å². The molecule has 2 aliphatic rings. The van der Waals surface area contributed by atoms with Crippen LogP contribution in [0.5, 0.6) is 11.5 Å². The van der Waals surface area contributed by atoms with Crippen molar-refractivity contribution in [2.75, 3.05) is 82.4 Å². The van der Waals surface area contributed by atoms with Crippen LogP contribution in [0.2, 0.25) is 0 Å². The summed E-state index contributed by atoms with van der Waals surface area (Å²) >= 11 is 3.45. The first-order chi connectivity index (χ1) is 18.7. The minimum absolute atomic E-state index is 0.657. The Balaban J connectivity index is 1.26. The second-order valence-corrected chi connectivity index (χ2v) is 11.5. The van der Waals surface area contributed by atoms with Gasteiger partial charge in [0.1, 0.15) is 11.5 Å². The fourth-order valence-corrected chi connectivity index (χ4v) is 6.84. The number of fused-ring (bicyclic) bond motifs is 2. The van der Waals surface area contributed by atoms with Gasteiger partial charge in [0, 0.05) is 26.2 Å². The third-order valence-corrected chi connectivity index (χ3v) is 8.94. The number of hydrogen-bond donors (Lipinski definition) is 0. The molecule has 0 atom stereocenters. The number of rotatable bonds is 9. The number of ether oxygens (including phenoxy) is 3.